The van der Waals surface area contributed by atoms with Crippen LogP contribution in [0.15, 0.2) is 109 Å². The predicted octanol–water partition coefficient (Wildman–Crippen LogP) is 11.0. The van der Waals surface area contributed by atoms with E-state index in [2.05, 4.69) is 25.2 Å². The first-order chi connectivity index (χ1) is 27.3. The standard InChI is InChI=1S/C46H57F2NO4P2Si/c1-8-11-30-56(31-12-9-2,32-13-10-3)43-33-44(47)46(45(48)34-43)49(54(39-22-14-35(50-4)15-23-39)40-24-16-36(51-5)17-25-40)55(41-26-18-37(52-6)19-27-41)42-28-20-38(53-7)21-29-42/h14-29,33-34H,8-13,30-32H2,1-7H3. The molecule has 298 valence electrons. The summed E-state index contributed by atoms with van der Waals surface area (Å²) in [5.74, 6) is 1.76. The Bertz CT molecular complexity index is 1710. The van der Waals surface area contributed by atoms with Crippen LogP contribution in [0, 0.1) is 11.6 Å². The number of hydrogen-bond donors (Lipinski definition) is 0. The molecule has 5 aromatic rings. The van der Waals surface area contributed by atoms with E-state index in [-0.39, 0.29) is 5.69 Å². The number of anilines is 1. The summed E-state index contributed by atoms with van der Waals surface area (Å²) < 4.78 is 59.9. The Morgan fingerprint density at radius 2 is 0.732 bits per heavy atom. The van der Waals surface area contributed by atoms with Crippen LogP contribution < -0.4 is 49.8 Å². The summed E-state index contributed by atoms with van der Waals surface area (Å²) in [5, 5.41) is 4.58. The summed E-state index contributed by atoms with van der Waals surface area (Å²) in [6, 6.07) is 38.0. The number of ether oxygens (including phenoxy) is 4. The average molecular weight is 816 g/mol. The monoisotopic (exact) mass is 815 g/mol. The molecule has 10 heteroatoms. The van der Waals surface area contributed by atoms with Crippen LogP contribution in [0.4, 0.5) is 14.5 Å². The fourth-order valence-electron chi connectivity index (χ4n) is 7.34. The largest absolute Gasteiger partial charge is 0.497 e. The maximum Gasteiger partial charge on any atom is 0.149 e. The van der Waals surface area contributed by atoms with E-state index in [0.717, 1.165) is 83.1 Å². The lowest BCUT2D eigenvalue weighted by Crippen LogP contribution is -2.48. The lowest BCUT2D eigenvalue weighted by Gasteiger charge is -2.41. The highest BCUT2D eigenvalue weighted by Gasteiger charge is 2.39. The summed E-state index contributed by atoms with van der Waals surface area (Å²) in [7, 11) is 1.07. The Morgan fingerprint density at radius 1 is 0.464 bits per heavy atom. The van der Waals surface area contributed by atoms with Gasteiger partial charge in [0.15, 0.2) is 0 Å². The molecule has 0 spiro atoms. The SMILES string of the molecule is CCCC[Si](CCCC)(CCCC)c1cc(F)c(N(P(c2ccc(OC)cc2)c2ccc(OC)cc2)P(c2ccc(OC)cc2)c2ccc(OC)cc2)c(F)c1. The lowest BCUT2D eigenvalue weighted by atomic mass is 10.3. The minimum atomic E-state index is -2.25. The summed E-state index contributed by atoms with van der Waals surface area (Å²) >= 11 is 0. The van der Waals surface area contributed by atoms with Crippen molar-refractivity contribution < 1.29 is 27.7 Å². The zero-order chi connectivity index (χ0) is 40.1. The lowest BCUT2D eigenvalue weighted by molar-refractivity contribution is 0.415. The summed E-state index contributed by atoms with van der Waals surface area (Å²) in [6.07, 6.45) is 6.38. The second-order valence-corrected chi connectivity index (χ2v) is 23.2. The van der Waals surface area contributed by atoms with Crippen LogP contribution in [-0.4, -0.2) is 36.5 Å². The quantitative estimate of drug-likeness (QED) is 0.0545. The van der Waals surface area contributed by atoms with Crippen molar-refractivity contribution >= 4 is 56.3 Å². The second kappa shape index (κ2) is 21.0. The molecule has 0 radical (unpaired) electrons. The Balaban J connectivity index is 1.87. The van der Waals surface area contributed by atoms with E-state index in [1.54, 1.807) is 40.6 Å². The van der Waals surface area contributed by atoms with Gasteiger partial charge in [-0.25, -0.2) is 8.78 Å². The summed E-state index contributed by atoms with van der Waals surface area (Å²) in [6.45, 7) is 6.63. The van der Waals surface area contributed by atoms with Crippen LogP contribution in [0.1, 0.15) is 59.3 Å². The third-order valence-electron chi connectivity index (χ3n) is 10.5. The fraction of sp³-hybridized carbons (Fsp3) is 0.348. The molecule has 5 aromatic carbocycles. The van der Waals surface area contributed by atoms with Crippen molar-refractivity contribution in [2.75, 3.05) is 32.9 Å². The molecule has 0 aliphatic heterocycles. The van der Waals surface area contributed by atoms with Crippen molar-refractivity contribution in [1.82, 2.24) is 0 Å². The third kappa shape index (κ3) is 10.1. The van der Waals surface area contributed by atoms with Crippen molar-refractivity contribution in [3.8, 4) is 23.0 Å². The maximum atomic E-state index is 17.8. The number of hydrogen-bond acceptors (Lipinski definition) is 5. The highest BCUT2D eigenvalue weighted by molar-refractivity contribution is 7.90. The third-order valence-corrected chi connectivity index (χ3v) is 21.3. The Kier molecular flexibility index (Phi) is 16.2. The van der Waals surface area contributed by atoms with Gasteiger partial charge in [-0.2, -0.15) is 0 Å². The van der Waals surface area contributed by atoms with Gasteiger partial charge in [-0.15, -0.1) is 0 Å². The van der Waals surface area contributed by atoms with Gasteiger partial charge in [0.2, 0.25) is 0 Å². The molecule has 0 aromatic heterocycles. The molecule has 0 N–H and O–H groups in total. The zero-order valence-electron chi connectivity index (χ0n) is 34.0. The molecule has 0 saturated carbocycles. The Morgan fingerprint density at radius 3 is 0.964 bits per heavy atom. The minimum Gasteiger partial charge on any atom is -0.497 e. The van der Waals surface area contributed by atoms with Crippen LogP contribution in [-0.2, 0) is 0 Å². The molecular formula is C46H57F2NO4P2Si. The van der Waals surface area contributed by atoms with Gasteiger partial charge in [0.1, 0.15) is 40.3 Å². The van der Waals surface area contributed by atoms with Gasteiger partial charge < -0.3 is 23.4 Å². The van der Waals surface area contributed by atoms with Gasteiger partial charge >= 0.3 is 0 Å². The number of methoxy groups -OCH3 is 4. The van der Waals surface area contributed by atoms with Crippen LogP contribution in [0.3, 0.4) is 0 Å². The molecule has 5 rings (SSSR count). The van der Waals surface area contributed by atoms with Crippen LogP contribution in [0.2, 0.25) is 18.1 Å². The van der Waals surface area contributed by atoms with Crippen molar-refractivity contribution in [3.05, 3.63) is 121 Å². The van der Waals surface area contributed by atoms with Crippen LogP contribution in [0.25, 0.3) is 0 Å². The Hall–Kier alpha value is -3.96. The first-order valence-corrected chi connectivity index (χ1v) is 24.9. The van der Waals surface area contributed by atoms with Gasteiger partial charge in [0.05, 0.1) is 52.7 Å². The summed E-state index contributed by atoms with van der Waals surface area (Å²) in [5.41, 5.74) is -0.0198. The highest BCUT2D eigenvalue weighted by Crippen LogP contribution is 2.58. The van der Waals surface area contributed by atoms with Crippen molar-refractivity contribution in [2.24, 2.45) is 0 Å². The highest BCUT2D eigenvalue weighted by atomic mass is 31.2. The van der Waals surface area contributed by atoms with E-state index >= 15 is 8.78 Å². The molecule has 56 heavy (non-hydrogen) atoms. The van der Waals surface area contributed by atoms with Crippen molar-refractivity contribution in [2.45, 2.75) is 77.4 Å². The summed E-state index contributed by atoms with van der Waals surface area (Å²) in [4.78, 5) is 0. The molecule has 0 aliphatic carbocycles. The van der Waals surface area contributed by atoms with Crippen molar-refractivity contribution in [1.29, 1.82) is 0 Å². The number of halogens is 2. The van der Waals surface area contributed by atoms with E-state index in [4.69, 9.17) is 18.9 Å². The van der Waals surface area contributed by atoms with E-state index < -0.39 is 35.9 Å². The van der Waals surface area contributed by atoms with E-state index in [0.29, 0.717) is 23.0 Å². The normalized spacial score (nSPS) is 11.6. The van der Waals surface area contributed by atoms with Gasteiger partial charge in [0.25, 0.3) is 0 Å². The van der Waals surface area contributed by atoms with Gasteiger partial charge in [0, 0.05) is 21.2 Å². The fourth-order valence-corrected chi connectivity index (χ4v) is 18.8. The molecule has 0 aliphatic rings. The molecule has 0 saturated heterocycles. The molecule has 0 amide bonds. The van der Waals surface area contributed by atoms with Crippen molar-refractivity contribution in [3.63, 3.8) is 0 Å². The Labute approximate surface area is 337 Å². The van der Waals surface area contributed by atoms with Gasteiger partial charge in [-0.3, -0.25) is 0 Å². The smallest absolute Gasteiger partial charge is 0.149 e. The first kappa shape index (κ1) is 43.2. The van der Waals surface area contributed by atoms with E-state index in [1.165, 1.54) is 0 Å². The minimum absolute atomic E-state index is 0.0198. The first-order valence-electron chi connectivity index (χ1n) is 19.7. The van der Waals surface area contributed by atoms with Crippen LogP contribution in [0.5, 0.6) is 23.0 Å². The van der Waals surface area contributed by atoms with Crippen LogP contribution >= 0.6 is 16.1 Å². The zero-order valence-corrected chi connectivity index (χ0v) is 36.8. The second-order valence-electron chi connectivity index (χ2n) is 14.1. The van der Waals surface area contributed by atoms with E-state index in [1.807, 2.05) is 97.1 Å². The maximum absolute atomic E-state index is 17.8. The molecule has 0 fully saturated rings. The number of benzene rings is 5. The molecule has 0 atom stereocenters. The number of rotatable bonds is 21. The number of nitrogens with zero attached hydrogens (tertiary/aromatic N) is 1. The molecule has 0 heterocycles. The molecule has 5 nitrogen and oxygen atoms in total. The predicted molar refractivity (Wildman–Crippen MR) is 238 cm³/mol. The van der Waals surface area contributed by atoms with E-state index in [9.17, 15) is 0 Å². The molecule has 0 unspecified atom stereocenters. The molecule has 0 bridgehead atoms. The molecular weight excluding hydrogens is 759 g/mol. The van der Waals surface area contributed by atoms with Gasteiger partial charge in [-0.1, -0.05) is 82.6 Å². The average Bonchev–Trinajstić information content (AvgIpc) is 3.24. The topological polar surface area (TPSA) is 40.2 Å². The number of unbranched alkanes of at least 4 members (excludes halogenated alkanes) is 3. The van der Waals surface area contributed by atoms with Gasteiger partial charge in [-0.05, 0) is 109 Å².